The fourth-order valence-electron chi connectivity index (χ4n) is 1.81. The van der Waals surface area contributed by atoms with Gasteiger partial charge in [-0.3, -0.25) is 0 Å². The average Bonchev–Trinajstić information content (AvgIpc) is 2.68. The first-order chi connectivity index (χ1) is 8.58. The molecule has 0 bridgehead atoms. The van der Waals surface area contributed by atoms with Crippen LogP contribution in [-0.4, -0.2) is 16.1 Å². The molecule has 18 heavy (non-hydrogen) atoms. The molecule has 2 aromatic rings. The maximum Gasteiger partial charge on any atom is 0.105 e. The summed E-state index contributed by atoms with van der Waals surface area (Å²) in [4.78, 5) is 4.21. The average molecular weight is 373 g/mol. The quantitative estimate of drug-likeness (QED) is 0.874. The van der Waals surface area contributed by atoms with Gasteiger partial charge in [0.2, 0.25) is 0 Å². The van der Waals surface area contributed by atoms with Crippen LogP contribution in [0.5, 0.6) is 0 Å². The van der Waals surface area contributed by atoms with E-state index >= 15 is 0 Å². The van der Waals surface area contributed by atoms with Crippen molar-refractivity contribution in [2.45, 2.75) is 20.4 Å². The summed E-state index contributed by atoms with van der Waals surface area (Å²) >= 11 is 7.16. The van der Waals surface area contributed by atoms with Gasteiger partial charge in [-0.25, -0.2) is 4.98 Å². The number of halogens is 2. The lowest BCUT2D eigenvalue weighted by atomic mass is 10.2. The predicted octanol–water partition coefficient (Wildman–Crippen LogP) is 4.14. The van der Waals surface area contributed by atoms with Crippen molar-refractivity contribution in [2.75, 3.05) is 11.9 Å². The van der Waals surface area contributed by atoms with Crippen LogP contribution >= 0.6 is 31.9 Å². The molecule has 0 fully saturated rings. The maximum absolute atomic E-state index is 4.21. The van der Waals surface area contributed by atoms with Crippen molar-refractivity contribution in [2.24, 2.45) is 0 Å². The van der Waals surface area contributed by atoms with E-state index in [2.05, 4.69) is 65.8 Å². The first-order valence-electron chi connectivity index (χ1n) is 5.75. The van der Waals surface area contributed by atoms with Crippen LogP contribution in [-0.2, 0) is 6.54 Å². The molecule has 0 aliphatic rings. The summed E-state index contributed by atoms with van der Waals surface area (Å²) in [5, 5.41) is 3.43. The molecule has 2 rings (SSSR count). The van der Waals surface area contributed by atoms with Gasteiger partial charge in [0, 0.05) is 34.4 Å². The highest BCUT2D eigenvalue weighted by Gasteiger charge is 2.05. The molecule has 1 aromatic carbocycles. The minimum atomic E-state index is 0.859. The minimum absolute atomic E-state index is 0.859. The number of nitrogens with zero attached hydrogens (tertiary/aromatic N) is 2. The molecule has 0 spiro atoms. The molecule has 1 N–H and O–H groups in total. The summed E-state index contributed by atoms with van der Waals surface area (Å²) in [7, 11) is 0. The van der Waals surface area contributed by atoms with E-state index in [0.29, 0.717) is 0 Å². The smallest absolute Gasteiger partial charge is 0.105 e. The maximum atomic E-state index is 4.21. The van der Waals surface area contributed by atoms with Crippen molar-refractivity contribution in [1.82, 2.24) is 9.55 Å². The molecule has 0 amide bonds. The molecule has 0 saturated heterocycles. The third-order valence-electron chi connectivity index (χ3n) is 2.76. The highest BCUT2D eigenvalue weighted by atomic mass is 79.9. The Morgan fingerprint density at radius 3 is 2.44 bits per heavy atom. The number of imidazole rings is 1. The van der Waals surface area contributed by atoms with Crippen molar-refractivity contribution in [3.8, 4) is 0 Å². The molecule has 1 aromatic heterocycles. The van der Waals surface area contributed by atoms with Gasteiger partial charge in [-0.05, 0) is 63.4 Å². The third-order valence-corrected chi connectivity index (χ3v) is 4.02. The van der Waals surface area contributed by atoms with E-state index in [1.54, 1.807) is 0 Å². The van der Waals surface area contributed by atoms with Gasteiger partial charge in [-0.15, -0.1) is 0 Å². The second-order valence-electron chi connectivity index (χ2n) is 4.20. The van der Waals surface area contributed by atoms with Crippen LogP contribution in [0.1, 0.15) is 11.4 Å². The highest BCUT2D eigenvalue weighted by Crippen LogP contribution is 2.32. The van der Waals surface area contributed by atoms with E-state index in [1.165, 1.54) is 5.56 Å². The number of hydrogen-bond donors (Lipinski definition) is 1. The molecular weight excluding hydrogens is 358 g/mol. The Balaban J connectivity index is 2.01. The third kappa shape index (κ3) is 3.14. The van der Waals surface area contributed by atoms with Crippen LogP contribution in [0.15, 0.2) is 33.5 Å². The van der Waals surface area contributed by atoms with Crippen LogP contribution in [0.3, 0.4) is 0 Å². The van der Waals surface area contributed by atoms with Gasteiger partial charge < -0.3 is 9.88 Å². The lowest BCUT2D eigenvalue weighted by Gasteiger charge is -2.12. The van der Waals surface area contributed by atoms with Gasteiger partial charge in [0.1, 0.15) is 5.82 Å². The molecule has 1 heterocycles. The van der Waals surface area contributed by atoms with Gasteiger partial charge in [0.15, 0.2) is 0 Å². The zero-order valence-electron chi connectivity index (χ0n) is 10.4. The molecule has 5 heteroatoms. The summed E-state index contributed by atoms with van der Waals surface area (Å²) in [6.07, 6.45) is 3.82. The Hall–Kier alpha value is -0.810. The summed E-state index contributed by atoms with van der Waals surface area (Å²) < 4.78 is 4.29. The fourth-order valence-corrected chi connectivity index (χ4v) is 3.51. The Labute approximate surface area is 124 Å². The Kier molecular flexibility index (Phi) is 4.45. The second-order valence-corrected chi connectivity index (χ2v) is 5.91. The van der Waals surface area contributed by atoms with E-state index in [4.69, 9.17) is 0 Å². The van der Waals surface area contributed by atoms with Crippen molar-refractivity contribution >= 4 is 37.5 Å². The van der Waals surface area contributed by atoms with Crippen molar-refractivity contribution < 1.29 is 0 Å². The van der Waals surface area contributed by atoms with Crippen LogP contribution in [0.2, 0.25) is 0 Å². The van der Waals surface area contributed by atoms with Crippen molar-refractivity contribution in [3.05, 3.63) is 44.9 Å². The number of anilines is 1. The summed E-state index contributed by atoms with van der Waals surface area (Å²) in [5.74, 6) is 1.04. The Morgan fingerprint density at radius 1 is 1.22 bits per heavy atom. The van der Waals surface area contributed by atoms with Crippen molar-refractivity contribution in [3.63, 3.8) is 0 Å². The molecule has 0 saturated carbocycles. The van der Waals surface area contributed by atoms with Gasteiger partial charge >= 0.3 is 0 Å². The predicted molar refractivity (Wildman–Crippen MR) is 82.0 cm³/mol. The van der Waals surface area contributed by atoms with Crippen LogP contribution in [0.25, 0.3) is 0 Å². The summed E-state index contributed by atoms with van der Waals surface area (Å²) in [6, 6.07) is 4.21. The van der Waals surface area contributed by atoms with E-state index < -0.39 is 0 Å². The highest BCUT2D eigenvalue weighted by molar-refractivity contribution is 9.11. The number of aryl methyl sites for hydroxylation is 2. The van der Waals surface area contributed by atoms with E-state index in [-0.39, 0.29) is 0 Å². The normalized spacial score (nSPS) is 10.7. The second kappa shape index (κ2) is 5.89. The Bertz CT molecular complexity index is 526. The van der Waals surface area contributed by atoms with Gasteiger partial charge in [-0.2, -0.15) is 0 Å². The zero-order valence-corrected chi connectivity index (χ0v) is 13.5. The number of nitrogens with one attached hydrogen (secondary N) is 1. The molecule has 0 unspecified atom stereocenters. The standard InChI is InChI=1S/C13H15Br2N3/c1-9-7-11(14)13(12(15)8-9)17-4-6-18-5-3-16-10(18)2/h3,5,7-8,17H,4,6H2,1-2H3. The number of hydrogen-bond acceptors (Lipinski definition) is 2. The molecule has 3 nitrogen and oxygen atoms in total. The van der Waals surface area contributed by atoms with E-state index in [1.807, 2.05) is 19.3 Å². The van der Waals surface area contributed by atoms with Gasteiger partial charge in [0.05, 0.1) is 5.69 Å². The molecule has 96 valence electrons. The summed E-state index contributed by atoms with van der Waals surface area (Å²) in [5.41, 5.74) is 2.32. The molecule has 0 atom stereocenters. The monoisotopic (exact) mass is 371 g/mol. The van der Waals surface area contributed by atoms with Crippen LogP contribution < -0.4 is 5.32 Å². The van der Waals surface area contributed by atoms with Crippen LogP contribution in [0.4, 0.5) is 5.69 Å². The number of rotatable bonds is 4. The van der Waals surface area contributed by atoms with Crippen LogP contribution in [0, 0.1) is 13.8 Å². The van der Waals surface area contributed by atoms with E-state index in [9.17, 15) is 0 Å². The lowest BCUT2D eigenvalue weighted by Crippen LogP contribution is -2.11. The fraction of sp³-hybridized carbons (Fsp3) is 0.308. The van der Waals surface area contributed by atoms with Crippen molar-refractivity contribution in [1.29, 1.82) is 0 Å². The number of aromatic nitrogens is 2. The Morgan fingerprint density at radius 2 is 1.89 bits per heavy atom. The molecule has 0 radical (unpaired) electrons. The molecule has 0 aliphatic carbocycles. The van der Waals surface area contributed by atoms with Gasteiger partial charge in [0.25, 0.3) is 0 Å². The molecule has 0 aliphatic heterocycles. The largest absolute Gasteiger partial charge is 0.381 e. The zero-order chi connectivity index (χ0) is 13.1. The number of benzene rings is 1. The lowest BCUT2D eigenvalue weighted by molar-refractivity contribution is 0.700. The molecular formula is C13H15Br2N3. The first-order valence-corrected chi connectivity index (χ1v) is 7.34. The summed E-state index contributed by atoms with van der Waals surface area (Å²) in [6.45, 7) is 5.85. The van der Waals surface area contributed by atoms with Gasteiger partial charge in [-0.1, -0.05) is 0 Å². The first kappa shape index (κ1) is 13.6. The topological polar surface area (TPSA) is 29.9 Å². The minimum Gasteiger partial charge on any atom is -0.381 e. The SMILES string of the molecule is Cc1cc(Br)c(NCCn2ccnc2C)c(Br)c1. The van der Waals surface area contributed by atoms with E-state index in [0.717, 1.165) is 33.5 Å².